The zero-order valence-corrected chi connectivity index (χ0v) is 7.87. The molecule has 0 saturated carbocycles. The zero-order valence-electron chi connectivity index (χ0n) is 7.87. The predicted octanol–water partition coefficient (Wildman–Crippen LogP) is 1.17. The second-order valence-electron chi connectivity index (χ2n) is 3.38. The maximum atomic E-state index is 10.1. The lowest BCUT2D eigenvalue weighted by molar-refractivity contribution is -0.110. The third kappa shape index (κ3) is 2.56. The van der Waals surface area contributed by atoms with Crippen molar-refractivity contribution in [2.45, 2.75) is 19.4 Å². The van der Waals surface area contributed by atoms with Crippen LogP contribution in [-0.2, 0) is 10.3 Å². The number of benzene rings is 1. The van der Waals surface area contributed by atoms with Crippen LogP contribution >= 0.6 is 0 Å². The Bertz CT molecular complexity index is 270. The highest BCUT2D eigenvalue weighted by Crippen LogP contribution is 2.17. The van der Waals surface area contributed by atoms with Crippen molar-refractivity contribution in [3.63, 3.8) is 0 Å². The summed E-state index contributed by atoms with van der Waals surface area (Å²) in [6, 6.07) is 9.94. The van der Waals surface area contributed by atoms with Crippen LogP contribution in [0.5, 0.6) is 0 Å². The van der Waals surface area contributed by atoms with E-state index >= 15 is 0 Å². The summed E-state index contributed by atoms with van der Waals surface area (Å²) >= 11 is 0. The average molecular weight is 178 g/mol. The Hall–Kier alpha value is -1.35. The number of nitrogens with one attached hydrogen (secondary N) is 2. The van der Waals surface area contributed by atoms with Gasteiger partial charge in [0.05, 0.1) is 5.54 Å². The first kappa shape index (κ1) is 9.74. The van der Waals surface area contributed by atoms with E-state index < -0.39 is 0 Å². The van der Waals surface area contributed by atoms with Crippen LogP contribution in [0.2, 0.25) is 0 Å². The average Bonchev–Trinajstić information content (AvgIpc) is 2.16. The maximum Gasteiger partial charge on any atom is 0.221 e. The van der Waals surface area contributed by atoms with Gasteiger partial charge in [-0.15, -0.1) is 0 Å². The molecular formula is C10H14N2O. The summed E-state index contributed by atoms with van der Waals surface area (Å²) in [5.41, 5.74) is 6.24. The predicted molar refractivity (Wildman–Crippen MR) is 51.8 cm³/mol. The monoisotopic (exact) mass is 178 g/mol. The Balaban J connectivity index is 2.74. The van der Waals surface area contributed by atoms with E-state index in [1.165, 1.54) is 0 Å². The lowest BCUT2D eigenvalue weighted by Crippen LogP contribution is -2.45. The van der Waals surface area contributed by atoms with Crippen LogP contribution < -0.4 is 10.9 Å². The first-order chi connectivity index (χ1) is 6.17. The number of hydrogen-bond acceptors (Lipinski definition) is 2. The largest absolute Gasteiger partial charge is 0.293 e. The SMILES string of the molecule is CC(C)(NNC=O)c1ccccc1. The lowest BCUT2D eigenvalue weighted by atomic mass is 9.95. The molecule has 70 valence electrons. The minimum absolute atomic E-state index is 0.248. The van der Waals surface area contributed by atoms with Crippen LogP contribution in [0, 0.1) is 0 Å². The van der Waals surface area contributed by atoms with Crippen LogP contribution in [-0.4, -0.2) is 6.41 Å². The first-order valence-corrected chi connectivity index (χ1v) is 4.19. The van der Waals surface area contributed by atoms with E-state index in [1.807, 2.05) is 44.2 Å². The third-order valence-corrected chi connectivity index (χ3v) is 1.94. The fraction of sp³-hybridized carbons (Fsp3) is 0.300. The van der Waals surface area contributed by atoms with Gasteiger partial charge in [0.1, 0.15) is 0 Å². The lowest BCUT2D eigenvalue weighted by Gasteiger charge is -2.25. The van der Waals surface area contributed by atoms with Gasteiger partial charge in [0.25, 0.3) is 0 Å². The van der Waals surface area contributed by atoms with Crippen molar-refractivity contribution in [3.05, 3.63) is 35.9 Å². The van der Waals surface area contributed by atoms with Gasteiger partial charge in [-0.1, -0.05) is 30.3 Å². The Morgan fingerprint density at radius 1 is 1.23 bits per heavy atom. The third-order valence-electron chi connectivity index (χ3n) is 1.94. The Kier molecular flexibility index (Phi) is 3.03. The molecule has 0 unspecified atom stereocenters. The molecule has 0 aliphatic carbocycles. The summed E-state index contributed by atoms with van der Waals surface area (Å²) in [5, 5.41) is 0. The highest BCUT2D eigenvalue weighted by Gasteiger charge is 2.18. The van der Waals surface area contributed by atoms with Crippen molar-refractivity contribution in [2.75, 3.05) is 0 Å². The smallest absolute Gasteiger partial charge is 0.221 e. The molecular weight excluding hydrogens is 164 g/mol. The van der Waals surface area contributed by atoms with Gasteiger partial charge in [-0.2, -0.15) is 0 Å². The molecule has 1 amide bonds. The molecule has 0 radical (unpaired) electrons. The number of rotatable bonds is 4. The molecule has 13 heavy (non-hydrogen) atoms. The molecule has 0 aliphatic heterocycles. The minimum atomic E-state index is -0.248. The molecule has 3 nitrogen and oxygen atoms in total. The van der Waals surface area contributed by atoms with Crippen molar-refractivity contribution in [2.24, 2.45) is 0 Å². The van der Waals surface area contributed by atoms with E-state index in [9.17, 15) is 4.79 Å². The molecule has 0 aromatic heterocycles. The fourth-order valence-electron chi connectivity index (χ4n) is 1.14. The number of hydrazine groups is 1. The molecule has 0 bridgehead atoms. The van der Waals surface area contributed by atoms with Crippen molar-refractivity contribution in [1.82, 2.24) is 10.9 Å². The summed E-state index contributed by atoms with van der Waals surface area (Å²) in [6.45, 7) is 4.00. The molecule has 0 atom stereocenters. The number of carbonyl (C=O) groups is 1. The number of amides is 1. The normalized spacial score (nSPS) is 10.9. The van der Waals surface area contributed by atoms with Gasteiger partial charge in [-0.3, -0.25) is 10.2 Å². The van der Waals surface area contributed by atoms with E-state index in [1.54, 1.807) is 0 Å². The summed E-state index contributed by atoms with van der Waals surface area (Å²) in [4.78, 5) is 10.1. The summed E-state index contributed by atoms with van der Waals surface area (Å²) in [6.07, 6.45) is 0.630. The van der Waals surface area contributed by atoms with E-state index in [-0.39, 0.29) is 5.54 Å². The second kappa shape index (κ2) is 4.05. The standard InChI is InChI=1S/C10H14N2O/c1-10(2,12-11-8-13)9-6-4-3-5-7-9/h3-8,12H,1-2H3,(H,11,13). The van der Waals surface area contributed by atoms with Crippen molar-refractivity contribution in [3.8, 4) is 0 Å². The van der Waals surface area contributed by atoms with Gasteiger partial charge in [-0.25, -0.2) is 5.43 Å². The summed E-state index contributed by atoms with van der Waals surface area (Å²) in [5.74, 6) is 0. The van der Waals surface area contributed by atoms with Gasteiger partial charge in [-0.05, 0) is 19.4 Å². The van der Waals surface area contributed by atoms with Crippen LogP contribution in [0.3, 0.4) is 0 Å². The van der Waals surface area contributed by atoms with Crippen LogP contribution in [0.1, 0.15) is 19.4 Å². The van der Waals surface area contributed by atoms with Crippen LogP contribution in [0.15, 0.2) is 30.3 Å². The highest BCUT2D eigenvalue weighted by atomic mass is 16.1. The van der Waals surface area contributed by atoms with E-state index in [0.717, 1.165) is 5.56 Å². The molecule has 0 aliphatic rings. The van der Waals surface area contributed by atoms with Gasteiger partial charge < -0.3 is 0 Å². The number of carbonyl (C=O) groups excluding carboxylic acids is 1. The molecule has 0 heterocycles. The van der Waals surface area contributed by atoms with Crippen molar-refractivity contribution in [1.29, 1.82) is 0 Å². The van der Waals surface area contributed by atoms with Gasteiger partial charge >= 0.3 is 0 Å². The van der Waals surface area contributed by atoms with Crippen LogP contribution in [0.4, 0.5) is 0 Å². The van der Waals surface area contributed by atoms with Crippen molar-refractivity contribution >= 4 is 6.41 Å². The molecule has 3 heteroatoms. The summed E-state index contributed by atoms with van der Waals surface area (Å²) < 4.78 is 0. The van der Waals surface area contributed by atoms with Crippen LogP contribution in [0.25, 0.3) is 0 Å². The van der Waals surface area contributed by atoms with E-state index in [0.29, 0.717) is 6.41 Å². The topological polar surface area (TPSA) is 41.1 Å². The molecule has 0 spiro atoms. The van der Waals surface area contributed by atoms with Gasteiger partial charge in [0, 0.05) is 0 Å². The van der Waals surface area contributed by atoms with E-state index in [2.05, 4.69) is 10.9 Å². The molecule has 0 saturated heterocycles. The molecule has 1 aromatic carbocycles. The quantitative estimate of drug-likeness (QED) is 0.537. The molecule has 2 N–H and O–H groups in total. The zero-order chi connectivity index (χ0) is 9.73. The van der Waals surface area contributed by atoms with E-state index in [4.69, 9.17) is 0 Å². The molecule has 0 fully saturated rings. The highest BCUT2D eigenvalue weighted by molar-refractivity contribution is 5.45. The summed E-state index contributed by atoms with van der Waals surface area (Å²) in [7, 11) is 0. The Labute approximate surface area is 78.1 Å². The molecule has 1 rings (SSSR count). The van der Waals surface area contributed by atoms with Crippen molar-refractivity contribution < 1.29 is 4.79 Å². The maximum absolute atomic E-state index is 10.1. The Morgan fingerprint density at radius 3 is 2.38 bits per heavy atom. The minimum Gasteiger partial charge on any atom is -0.293 e. The Morgan fingerprint density at radius 2 is 1.85 bits per heavy atom. The van der Waals surface area contributed by atoms with Gasteiger partial charge in [0.15, 0.2) is 0 Å². The fourth-order valence-corrected chi connectivity index (χ4v) is 1.14. The first-order valence-electron chi connectivity index (χ1n) is 4.19. The second-order valence-corrected chi connectivity index (χ2v) is 3.38. The molecule has 1 aromatic rings. The van der Waals surface area contributed by atoms with Gasteiger partial charge in [0.2, 0.25) is 6.41 Å². The number of hydrogen-bond donors (Lipinski definition) is 2.